The Labute approximate surface area is 257 Å². The van der Waals surface area contributed by atoms with E-state index in [1.165, 1.54) is 13.8 Å². The van der Waals surface area contributed by atoms with Gasteiger partial charge < -0.3 is 0 Å². The molecule has 4 fully saturated rings. The topological polar surface area (TPSA) is 112 Å². The maximum absolute atomic E-state index is 14.7. The van der Waals surface area contributed by atoms with Crippen LogP contribution >= 0.6 is 0 Å². The van der Waals surface area contributed by atoms with Gasteiger partial charge in [0.15, 0.2) is 11.6 Å². The standard InChI is InChI=1S/C36H50N2O5/c1-21(39)38(22(2)40)20-28(42)36-14-12-31(3,4)18-24(36)29-25(41)16-27-33(7)17-23(19-37)30(43)32(5,6)26(33)10-11-34(27,8)35(29,9)13-15-36/h17,24,26-27,29H,10-16,18,20H2,1-9H3/t24-,26-,27+,29-,33-,34+,35+,36-/m0/s1. The monoisotopic (exact) mass is 590 g/mol. The number of amides is 2. The van der Waals surface area contributed by atoms with E-state index >= 15 is 0 Å². The van der Waals surface area contributed by atoms with Crippen molar-refractivity contribution >= 4 is 29.2 Å². The lowest BCUT2D eigenvalue weighted by molar-refractivity contribution is -0.221. The first-order valence-electron chi connectivity index (χ1n) is 16.2. The first kappa shape index (κ1) is 31.8. The van der Waals surface area contributed by atoms with Crippen molar-refractivity contribution in [1.29, 1.82) is 5.26 Å². The van der Waals surface area contributed by atoms with E-state index in [1.54, 1.807) is 0 Å². The second-order valence-corrected chi connectivity index (χ2v) is 16.9. The van der Waals surface area contributed by atoms with Gasteiger partial charge in [0, 0.05) is 37.0 Å². The lowest BCUT2D eigenvalue weighted by atomic mass is 9.31. The van der Waals surface area contributed by atoms with E-state index < -0.39 is 28.1 Å². The molecule has 0 unspecified atom stereocenters. The molecule has 8 atom stereocenters. The summed E-state index contributed by atoms with van der Waals surface area (Å²) in [5, 5.41) is 9.95. The number of nitriles is 1. The Morgan fingerprint density at radius 1 is 0.884 bits per heavy atom. The molecule has 0 radical (unpaired) electrons. The van der Waals surface area contributed by atoms with Crippen molar-refractivity contribution in [2.45, 2.75) is 114 Å². The van der Waals surface area contributed by atoms with Crippen LogP contribution in [0.3, 0.4) is 0 Å². The summed E-state index contributed by atoms with van der Waals surface area (Å²) in [7, 11) is 0. The lowest BCUT2D eigenvalue weighted by Crippen LogP contribution is -2.69. The number of rotatable bonds is 3. The van der Waals surface area contributed by atoms with Crippen LogP contribution in [0.4, 0.5) is 0 Å². The van der Waals surface area contributed by atoms with E-state index in [0.29, 0.717) is 19.3 Å². The van der Waals surface area contributed by atoms with Gasteiger partial charge in [-0.25, -0.2) is 0 Å². The van der Waals surface area contributed by atoms with E-state index in [1.807, 2.05) is 19.9 Å². The number of hydrogen-bond acceptors (Lipinski definition) is 6. The van der Waals surface area contributed by atoms with Gasteiger partial charge in [-0.15, -0.1) is 0 Å². The van der Waals surface area contributed by atoms with E-state index in [4.69, 9.17) is 0 Å². The average Bonchev–Trinajstić information content (AvgIpc) is 2.90. The van der Waals surface area contributed by atoms with Crippen molar-refractivity contribution in [3.63, 3.8) is 0 Å². The SMILES string of the molecule is CC(=O)N(CC(=O)[C@]12CCC(C)(C)C[C@H]1[C@H]1C(=O)C[C@@H]3[C@@]4(C)C=C(C#N)C(=O)C(C)(C)[C@@H]4CC[C@@]3(C)[C@]1(C)CC2)C(C)=O. The Morgan fingerprint density at radius 2 is 1.49 bits per heavy atom. The Balaban J connectivity index is 1.61. The molecule has 4 saturated carbocycles. The molecule has 5 rings (SSSR count). The van der Waals surface area contributed by atoms with Gasteiger partial charge >= 0.3 is 0 Å². The fourth-order valence-electron chi connectivity index (χ4n) is 11.5. The van der Waals surface area contributed by atoms with Crippen molar-refractivity contribution in [2.24, 2.45) is 56.2 Å². The molecular formula is C36H50N2O5. The normalized spacial score (nSPS) is 42.7. The average molecular weight is 591 g/mol. The highest BCUT2D eigenvalue weighted by Crippen LogP contribution is 2.75. The van der Waals surface area contributed by atoms with E-state index in [0.717, 1.165) is 37.0 Å². The van der Waals surface area contributed by atoms with Crippen molar-refractivity contribution in [3.05, 3.63) is 11.6 Å². The third-order valence-electron chi connectivity index (χ3n) is 14.1. The van der Waals surface area contributed by atoms with Crippen molar-refractivity contribution < 1.29 is 24.0 Å². The molecule has 7 nitrogen and oxygen atoms in total. The van der Waals surface area contributed by atoms with Crippen LogP contribution in [0.15, 0.2) is 11.6 Å². The molecule has 0 saturated heterocycles. The number of carbonyl (C=O) groups is 5. The number of nitrogens with zero attached hydrogens (tertiary/aromatic N) is 2. The molecule has 0 spiro atoms. The molecule has 2 amide bonds. The summed E-state index contributed by atoms with van der Waals surface area (Å²) in [6.07, 6.45) is 7.67. The molecule has 0 aromatic heterocycles. The number of carbonyl (C=O) groups excluding carboxylic acids is 5. The third-order valence-corrected chi connectivity index (χ3v) is 14.1. The summed E-state index contributed by atoms with van der Waals surface area (Å²) in [4.78, 5) is 68.0. The number of hydrogen-bond donors (Lipinski definition) is 0. The minimum Gasteiger partial charge on any atom is -0.299 e. The molecule has 0 aromatic carbocycles. The fraction of sp³-hybridized carbons (Fsp3) is 0.778. The largest absolute Gasteiger partial charge is 0.299 e. The summed E-state index contributed by atoms with van der Waals surface area (Å²) in [6.45, 7) is 17.6. The zero-order valence-electron chi connectivity index (χ0n) is 27.7. The fourth-order valence-corrected chi connectivity index (χ4v) is 11.5. The first-order chi connectivity index (χ1) is 19.7. The number of Topliss-reactive ketones (excluding diaryl/α,β-unsaturated/α-hetero) is 3. The van der Waals surface area contributed by atoms with Crippen molar-refractivity contribution in [1.82, 2.24) is 4.90 Å². The zero-order chi connectivity index (χ0) is 32.1. The highest BCUT2D eigenvalue weighted by Gasteiger charge is 2.72. The van der Waals surface area contributed by atoms with Gasteiger partial charge in [0.25, 0.3) is 0 Å². The van der Waals surface area contributed by atoms with Gasteiger partial charge in [-0.05, 0) is 84.4 Å². The predicted octanol–water partition coefficient (Wildman–Crippen LogP) is 6.25. The third kappa shape index (κ3) is 4.21. The zero-order valence-corrected chi connectivity index (χ0v) is 27.7. The van der Waals surface area contributed by atoms with Crippen LogP contribution in [-0.4, -0.2) is 40.6 Å². The van der Waals surface area contributed by atoms with E-state index in [-0.39, 0.29) is 69.4 Å². The molecule has 5 aliphatic carbocycles. The summed E-state index contributed by atoms with van der Waals surface area (Å²) in [5.74, 6) is -1.28. The van der Waals surface area contributed by atoms with Crippen LogP contribution in [0.2, 0.25) is 0 Å². The Hall–Kier alpha value is -2.62. The van der Waals surface area contributed by atoms with Crippen molar-refractivity contribution in [2.75, 3.05) is 6.54 Å². The molecule has 0 heterocycles. The quantitative estimate of drug-likeness (QED) is 0.384. The van der Waals surface area contributed by atoms with Gasteiger partial charge in [-0.3, -0.25) is 28.9 Å². The van der Waals surface area contributed by atoms with Gasteiger partial charge in [0.1, 0.15) is 11.9 Å². The van der Waals surface area contributed by atoms with Crippen LogP contribution in [0, 0.1) is 67.5 Å². The molecule has 0 bridgehead atoms. The highest BCUT2D eigenvalue weighted by atomic mass is 16.2. The van der Waals surface area contributed by atoms with Crippen LogP contribution in [-0.2, 0) is 24.0 Å². The van der Waals surface area contributed by atoms with E-state index in [9.17, 15) is 29.2 Å². The molecule has 5 aliphatic rings. The molecular weight excluding hydrogens is 540 g/mol. The van der Waals surface area contributed by atoms with Gasteiger partial charge in [0.2, 0.25) is 11.8 Å². The Bertz CT molecular complexity index is 1370. The number of ketones is 3. The van der Waals surface area contributed by atoms with E-state index in [2.05, 4.69) is 40.7 Å². The van der Waals surface area contributed by atoms with Gasteiger partial charge in [-0.1, -0.05) is 54.5 Å². The van der Waals surface area contributed by atoms with Gasteiger partial charge in [-0.2, -0.15) is 5.26 Å². The summed E-state index contributed by atoms with van der Waals surface area (Å²) in [6, 6.07) is 2.18. The Kier molecular flexibility index (Phi) is 7.16. The highest BCUT2D eigenvalue weighted by molar-refractivity contribution is 6.04. The number of imide groups is 1. The minimum absolute atomic E-state index is 0.0195. The summed E-state index contributed by atoms with van der Waals surface area (Å²) >= 11 is 0. The molecule has 0 N–H and O–H groups in total. The summed E-state index contributed by atoms with van der Waals surface area (Å²) < 4.78 is 0. The summed E-state index contributed by atoms with van der Waals surface area (Å²) in [5.41, 5.74) is -2.31. The van der Waals surface area contributed by atoms with Crippen LogP contribution in [0.5, 0.6) is 0 Å². The minimum atomic E-state index is -0.740. The first-order valence-corrected chi connectivity index (χ1v) is 16.2. The molecule has 0 aromatic rings. The molecule has 0 aliphatic heterocycles. The van der Waals surface area contributed by atoms with Crippen LogP contribution < -0.4 is 0 Å². The number of fused-ring (bicyclic) bond motifs is 7. The maximum atomic E-state index is 14.7. The predicted molar refractivity (Wildman–Crippen MR) is 162 cm³/mol. The second kappa shape index (κ2) is 9.69. The van der Waals surface area contributed by atoms with Gasteiger partial charge in [0.05, 0.1) is 12.1 Å². The lowest BCUT2D eigenvalue weighted by Gasteiger charge is -2.71. The smallest absolute Gasteiger partial charge is 0.226 e. The Morgan fingerprint density at radius 3 is 2.07 bits per heavy atom. The van der Waals surface area contributed by atoms with Crippen LogP contribution in [0.25, 0.3) is 0 Å². The van der Waals surface area contributed by atoms with Crippen molar-refractivity contribution in [3.8, 4) is 6.07 Å². The number of allylic oxidation sites excluding steroid dienone is 2. The second-order valence-electron chi connectivity index (χ2n) is 16.9. The molecule has 7 heteroatoms. The molecule has 43 heavy (non-hydrogen) atoms. The van der Waals surface area contributed by atoms with Crippen LogP contribution in [0.1, 0.15) is 114 Å². The molecule has 234 valence electrons. The maximum Gasteiger partial charge on any atom is 0.226 e.